The van der Waals surface area contributed by atoms with E-state index in [0.29, 0.717) is 0 Å². The first-order chi connectivity index (χ1) is 8.94. The number of halogens is 2. The van der Waals surface area contributed by atoms with Crippen LogP contribution in [0.5, 0.6) is 5.75 Å². The largest absolute Gasteiger partial charge is 0.488 e. The third-order valence-electron chi connectivity index (χ3n) is 2.71. The first-order valence-corrected chi connectivity index (χ1v) is 5.87. The normalized spacial score (nSPS) is 13.7. The van der Waals surface area contributed by atoms with Crippen molar-refractivity contribution in [3.8, 4) is 5.75 Å². The highest BCUT2D eigenvalue weighted by molar-refractivity contribution is 5.80. The molecule has 0 saturated carbocycles. The monoisotopic (exact) mass is 273 g/mol. The Morgan fingerprint density at radius 1 is 1.42 bits per heavy atom. The number of likely N-dealkylation sites (N-methyl/N-ethyl adjacent to an activating group) is 1. The van der Waals surface area contributed by atoms with Gasteiger partial charge in [0.05, 0.1) is 6.61 Å². The minimum absolute atomic E-state index is 0.178. The average Bonchev–Trinajstić information content (AvgIpc) is 2.40. The Kier molecular flexibility index (Phi) is 5.23. The third kappa shape index (κ3) is 3.64. The van der Waals surface area contributed by atoms with Crippen LogP contribution in [-0.2, 0) is 9.53 Å². The second-order valence-electron chi connectivity index (χ2n) is 4.14. The molecule has 1 N–H and O–H groups in total. The van der Waals surface area contributed by atoms with Crippen molar-refractivity contribution >= 4 is 5.97 Å². The number of carbonyl (C=O) groups excluding carboxylic acids is 1. The first-order valence-electron chi connectivity index (χ1n) is 5.87. The second kappa shape index (κ2) is 6.47. The van der Waals surface area contributed by atoms with Crippen LogP contribution in [0.4, 0.5) is 8.78 Å². The van der Waals surface area contributed by atoms with E-state index in [1.54, 1.807) is 20.9 Å². The van der Waals surface area contributed by atoms with E-state index in [2.05, 4.69) is 5.32 Å². The first kappa shape index (κ1) is 15.4. The lowest BCUT2D eigenvalue weighted by atomic mass is 10.1. The number of nitrogens with one attached hydrogen (secondary N) is 1. The Balaban J connectivity index is 2.78. The molecule has 0 radical (unpaired) electrons. The number of carbonyl (C=O) groups is 1. The summed E-state index contributed by atoms with van der Waals surface area (Å²) in [6, 6.07) is 3.61. The van der Waals surface area contributed by atoms with Gasteiger partial charge in [-0.3, -0.25) is 0 Å². The summed E-state index contributed by atoms with van der Waals surface area (Å²) in [5.74, 6) is -2.84. The standard InChI is InChI=1S/C13H17F2NO3/c1-4-18-12(17)13(2,16-3)8-19-10-7-5-6-9(14)11(10)15/h5-7,16H,4,8H2,1-3H3. The van der Waals surface area contributed by atoms with Crippen LogP contribution in [0.15, 0.2) is 18.2 Å². The van der Waals surface area contributed by atoms with Crippen molar-refractivity contribution in [3.05, 3.63) is 29.8 Å². The molecule has 0 aromatic heterocycles. The van der Waals surface area contributed by atoms with Crippen LogP contribution in [0.25, 0.3) is 0 Å². The summed E-state index contributed by atoms with van der Waals surface area (Å²) in [4.78, 5) is 11.7. The quantitative estimate of drug-likeness (QED) is 0.804. The van der Waals surface area contributed by atoms with Gasteiger partial charge in [0.2, 0.25) is 5.82 Å². The molecule has 0 aliphatic carbocycles. The second-order valence-corrected chi connectivity index (χ2v) is 4.14. The van der Waals surface area contributed by atoms with E-state index in [9.17, 15) is 13.6 Å². The molecule has 4 nitrogen and oxygen atoms in total. The van der Waals surface area contributed by atoms with Crippen molar-refractivity contribution in [1.82, 2.24) is 5.32 Å². The Bertz CT molecular complexity index is 454. The predicted molar refractivity (Wildman–Crippen MR) is 66.0 cm³/mol. The molecule has 1 unspecified atom stereocenters. The van der Waals surface area contributed by atoms with Crippen molar-refractivity contribution in [2.75, 3.05) is 20.3 Å². The van der Waals surface area contributed by atoms with Gasteiger partial charge in [-0.1, -0.05) is 6.07 Å². The van der Waals surface area contributed by atoms with E-state index < -0.39 is 23.1 Å². The van der Waals surface area contributed by atoms with E-state index in [1.165, 1.54) is 12.1 Å². The fourth-order valence-corrected chi connectivity index (χ4v) is 1.34. The number of benzene rings is 1. The zero-order valence-electron chi connectivity index (χ0n) is 11.1. The lowest BCUT2D eigenvalue weighted by Gasteiger charge is -2.26. The topological polar surface area (TPSA) is 47.6 Å². The van der Waals surface area contributed by atoms with E-state index in [1.807, 2.05) is 0 Å². The molecule has 0 fully saturated rings. The fourth-order valence-electron chi connectivity index (χ4n) is 1.34. The Morgan fingerprint density at radius 2 is 2.11 bits per heavy atom. The van der Waals surface area contributed by atoms with Crippen LogP contribution in [0.2, 0.25) is 0 Å². The Hall–Kier alpha value is -1.69. The van der Waals surface area contributed by atoms with Gasteiger partial charge in [-0.15, -0.1) is 0 Å². The molecule has 1 aromatic carbocycles. The molecule has 19 heavy (non-hydrogen) atoms. The van der Waals surface area contributed by atoms with Crippen molar-refractivity contribution in [3.63, 3.8) is 0 Å². The van der Waals surface area contributed by atoms with Gasteiger partial charge in [-0.05, 0) is 33.0 Å². The van der Waals surface area contributed by atoms with Gasteiger partial charge in [-0.25, -0.2) is 9.18 Å². The molecule has 0 heterocycles. The fraction of sp³-hybridized carbons (Fsp3) is 0.462. The van der Waals surface area contributed by atoms with Gasteiger partial charge in [0.1, 0.15) is 12.1 Å². The van der Waals surface area contributed by atoms with Gasteiger partial charge in [0.25, 0.3) is 0 Å². The summed E-state index contributed by atoms with van der Waals surface area (Å²) in [6.07, 6.45) is 0. The molecule has 0 spiro atoms. The van der Waals surface area contributed by atoms with Crippen LogP contribution in [0, 0.1) is 11.6 Å². The highest BCUT2D eigenvalue weighted by Gasteiger charge is 2.34. The van der Waals surface area contributed by atoms with Crippen molar-refractivity contribution in [1.29, 1.82) is 0 Å². The highest BCUT2D eigenvalue weighted by Crippen LogP contribution is 2.20. The maximum atomic E-state index is 13.4. The lowest BCUT2D eigenvalue weighted by Crippen LogP contribution is -2.53. The third-order valence-corrected chi connectivity index (χ3v) is 2.71. The maximum absolute atomic E-state index is 13.4. The van der Waals surface area contributed by atoms with Crippen LogP contribution in [-0.4, -0.2) is 31.8 Å². The van der Waals surface area contributed by atoms with Crippen molar-refractivity contribution < 1.29 is 23.0 Å². The minimum atomic E-state index is -1.13. The molecule has 1 rings (SSSR count). The molecular formula is C13H17F2NO3. The summed E-state index contributed by atoms with van der Waals surface area (Å²) >= 11 is 0. The minimum Gasteiger partial charge on any atom is -0.488 e. The molecule has 0 amide bonds. The number of hydrogen-bond donors (Lipinski definition) is 1. The zero-order valence-corrected chi connectivity index (χ0v) is 11.1. The Morgan fingerprint density at radius 3 is 2.68 bits per heavy atom. The molecule has 1 atom stereocenters. The van der Waals surface area contributed by atoms with Crippen LogP contribution < -0.4 is 10.1 Å². The highest BCUT2D eigenvalue weighted by atomic mass is 19.2. The number of hydrogen-bond acceptors (Lipinski definition) is 4. The molecule has 1 aromatic rings. The summed E-state index contributed by atoms with van der Waals surface area (Å²) in [5, 5.41) is 2.75. The summed E-state index contributed by atoms with van der Waals surface area (Å²) in [5.41, 5.74) is -1.13. The summed E-state index contributed by atoms with van der Waals surface area (Å²) in [7, 11) is 1.56. The predicted octanol–water partition coefficient (Wildman–Crippen LogP) is 1.88. The summed E-state index contributed by atoms with van der Waals surface area (Å²) in [6.45, 7) is 3.29. The van der Waals surface area contributed by atoms with Gasteiger partial charge in [0, 0.05) is 0 Å². The number of esters is 1. The van der Waals surface area contributed by atoms with E-state index in [0.717, 1.165) is 6.07 Å². The number of rotatable bonds is 6. The van der Waals surface area contributed by atoms with Gasteiger partial charge in [-0.2, -0.15) is 4.39 Å². The van der Waals surface area contributed by atoms with Gasteiger partial charge in [0.15, 0.2) is 11.6 Å². The molecule has 0 saturated heterocycles. The molecule has 0 aliphatic heterocycles. The molecular weight excluding hydrogens is 256 g/mol. The van der Waals surface area contributed by atoms with E-state index in [-0.39, 0.29) is 19.0 Å². The number of ether oxygens (including phenoxy) is 2. The van der Waals surface area contributed by atoms with Crippen LogP contribution in [0.3, 0.4) is 0 Å². The molecule has 106 valence electrons. The molecule has 6 heteroatoms. The zero-order chi connectivity index (χ0) is 14.5. The van der Waals surface area contributed by atoms with Gasteiger partial charge >= 0.3 is 5.97 Å². The van der Waals surface area contributed by atoms with E-state index >= 15 is 0 Å². The van der Waals surface area contributed by atoms with E-state index in [4.69, 9.17) is 9.47 Å². The van der Waals surface area contributed by atoms with Crippen molar-refractivity contribution in [2.45, 2.75) is 19.4 Å². The maximum Gasteiger partial charge on any atom is 0.329 e. The average molecular weight is 273 g/mol. The SMILES string of the molecule is CCOC(=O)C(C)(COc1cccc(F)c1F)NC. The molecule has 0 bridgehead atoms. The van der Waals surface area contributed by atoms with Gasteiger partial charge < -0.3 is 14.8 Å². The Labute approximate surface area is 110 Å². The van der Waals surface area contributed by atoms with Crippen molar-refractivity contribution in [2.24, 2.45) is 0 Å². The summed E-state index contributed by atoms with van der Waals surface area (Å²) < 4.78 is 36.4. The smallest absolute Gasteiger partial charge is 0.329 e. The lowest BCUT2D eigenvalue weighted by molar-refractivity contribution is -0.151. The van der Waals surface area contributed by atoms with Crippen LogP contribution in [0.1, 0.15) is 13.8 Å². The van der Waals surface area contributed by atoms with Crippen LogP contribution >= 0.6 is 0 Å². The molecule has 0 aliphatic rings.